The number of hydrogen-bond donors (Lipinski definition) is 1. The number of piperidine rings is 1. The van der Waals surface area contributed by atoms with Crippen molar-refractivity contribution in [3.63, 3.8) is 0 Å². The molecule has 0 aliphatic carbocycles. The van der Waals surface area contributed by atoms with E-state index >= 15 is 0 Å². The van der Waals surface area contributed by atoms with Gasteiger partial charge in [0.2, 0.25) is 15.9 Å². The lowest BCUT2D eigenvalue weighted by Gasteiger charge is -2.25. The Morgan fingerprint density at radius 1 is 1.03 bits per heavy atom. The minimum absolute atomic E-state index is 0.208. The first kappa shape index (κ1) is 23.4. The third-order valence-corrected chi connectivity index (χ3v) is 8.55. The SMILES string of the molecule is CC(Sc1nnc(-c2ccncc2)n1C)C(=O)Nc1ccc(S(=O)(=O)N2CCCCC2)cc1. The number of amides is 1. The number of aromatic nitrogens is 4. The van der Waals surface area contributed by atoms with Gasteiger partial charge in [0, 0.05) is 43.8 Å². The summed E-state index contributed by atoms with van der Waals surface area (Å²) in [6.45, 7) is 2.90. The van der Waals surface area contributed by atoms with Gasteiger partial charge in [-0.1, -0.05) is 18.2 Å². The van der Waals surface area contributed by atoms with Crippen LogP contribution in [0.3, 0.4) is 0 Å². The second-order valence-corrected chi connectivity index (χ2v) is 11.1. The average Bonchev–Trinajstić information content (AvgIpc) is 3.20. The molecule has 1 aliphatic heterocycles. The van der Waals surface area contributed by atoms with Crippen molar-refractivity contribution in [3.05, 3.63) is 48.8 Å². The van der Waals surface area contributed by atoms with Crippen LogP contribution in [0.15, 0.2) is 58.8 Å². The maximum Gasteiger partial charge on any atom is 0.243 e. The minimum Gasteiger partial charge on any atom is -0.325 e. The van der Waals surface area contributed by atoms with Crippen LogP contribution in [0.2, 0.25) is 0 Å². The van der Waals surface area contributed by atoms with Gasteiger partial charge in [0.05, 0.1) is 10.1 Å². The largest absolute Gasteiger partial charge is 0.325 e. The Morgan fingerprint density at radius 3 is 2.36 bits per heavy atom. The fourth-order valence-electron chi connectivity index (χ4n) is 3.59. The molecule has 0 saturated carbocycles. The van der Waals surface area contributed by atoms with Crippen LogP contribution >= 0.6 is 11.8 Å². The van der Waals surface area contributed by atoms with Gasteiger partial charge in [-0.15, -0.1) is 10.2 Å². The molecule has 11 heteroatoms. The molecule has 33 heavy (non-hydrogen) atoms. The van der Waals surface area contributed by atoms with Gasteiger partial charge in [0.15, 0.2) is 11.0 Å². The van der Waals surface area contributed by atoms with Crippen LogP contribution in [0.4, 0.5) is 5.69 Å². The standard InChI is InChI=1S/C22H26N6O3S2/c1-16(32-22-26-25-20(27(22)2)17-10-12-23-13-11-17)21(29)24-18-6-8-19(9-7-18)33(30,31)28-14-4-3-5-15-28/h6-13,16H,3-5,14-15H2,1-2H3,(H,24,29). The van der Waals surface area contributed by atoms with Gasteiger partial charge in [-0.05, 0) is 56.2 Å². The summed E-state index contributed by atoms with van der Waals surface area (Å²) in [7, 11) is -1.64. The molecule has 1 fully saturated rings. The number of sulfonamides is 1. The third kappa shape index (κ3) is 5.26. The highest BCUT2D eigenvalue weighted by atomic mass is 32.2. The van der Waals surface area contributed by atoms with Crippen LogP contribution in [0.25, 0.3) is 11.4 Å². The van der Waals surface area contributed by atoms with E-state index in [1.807, 2.05) is 23.7 Å². The van der Waals surface area contributed by atoms with Gasteiger partial charge < -0.3 is 9.88 Å². The highest BCUT2D eigenvalue weighted by Crippen LogP contribution is 2.27. The molecule has 0 bridgehead atoms. The Morgan fingerprint density at radius 2 is 1.70 bits per heavy atom. The summed E-state index contributed by atoms with van der Waals surface area (Å²) in [5.74, 6) is 0.484. The molecule has 2 aromatic heterocycles. The maximum atomic E-state index is 12.8. The van der Waals surface area contributed by atoms with Crippen LogP contribution < -0.4 is 5.32 Å². The zero-order valence-corrected chi connectivity index (χ0v) is 20.1. The molecule has 1 aliphatic rings. The molecule has 9 nitrogen and oxygen atoms in total. The molecule has 1 N–H and O–H groups in total. The van der Waals surface area contributed by atoms with E-state index in [0.717, 1.165) is 24.8 Å². The number of pyridine rings is 1. The highest BCUT2D eigenvalue weighted by Gasteiger charge is 2.26. The number of carbonyl (C=O) groups excluding carboxylic acids is 1. The van der Waals surface area contributed by atoms with E-state index in [0.29, 0.717) is 29.8 Å². The van der Waals surface area contributed by atoms with Gasteiger partial charge in [-0.25, -0.2) is 8.42 Å². The molecule has 3 aromatic rings. The second-order valence-electron chi connectivity index (χ2n) is 7.84. The quantitative estimate of drug-likeness (QED) is 0.511. The zero-order chi connectivity index (χ0) is 23.4. The van der Waals surface area contributed by atoms with Crippen molar-refractivity contribution in [2.24, 2.45) is 7.05 Å². The number of anilines is 1. The third-order valence-electron chi connectivity index (χ3n) is 5.50. The van der Waals surface area contributed by atoms with Crippen LogP contribution in [-0.4, -0.2) is 56.7 Å². The summed E-state index contributed by atoms with van der Waals surface area (Å²) in [6.07, 6.45) is 6.22. The molecular formula is C22H26N6O3S2. The molecule has 0 radical (unpaired) electrons. The molecule has 1 aromatic carbocycles. The predicted molar refractivity (Wildman–Crippen MR) is 127 cm³/mol. The number of nitrogens with one attached hydrogen (secondary N) is 1. The lowest BCUT2D eigenvalue weighted by Crippen LogP contribution is -2.35. The van der Waals surface area contributed by atoms with Gasteiger partial charge in [0.1, 0.15) is 0 Å². The second kappa shape index (κ2) is 10.0. The van der Waals surface area contributed by atoms with E-state index in [4.69, 9.17) is 0 Å². The molecule has 1 atom stereocenters. The van der Waals surface area contributed by atoms with Crippen LogP contribution in [0.5, 0.6) is 0 Å². The topological polar surface area (TPSA) is 110 Å². The summed E-state index contributed by atoms with van der Waals surface area (Å²) in [5, 5.41) is 11.5. The van der Waals surface area contributed by atoms with Gasteiger partial charge in [-0.2, -0.15) is 4.31 Å². The van der Waals surface area contributed by atoms with Crippen molar-refractivity contribution in [3.8, 4) is 11.4 Å². The Labute approximate surface area is 197 Å². The number of benzene rings is 1. The lowest BCUT2D eigenvalue weighted by atomic mass is 10.2. The molecule has 174 valence electrons. The summed E-state index contributed by atoms with van der Waals surface area (Å²) in [4.78, 5) is 17.0. The number of carbonyl (C=O) groups is 1. The average molecular weight is 487 g/mol. The van der Waals surface area contributed by atoms with E-state index in [-0.39, 0.29) is 10.8 Å². The molecule has 1 amide bonds. The summed E-state index contributed by atoms with van der Waals surface area (Å²) < 4.78 is 28.9. The van der Waals surface area contributed by atoms with Gasteiger partial charge >= 0.3 is 0 Å². The Kier molecular flexibility index (Phi) is 7.11. The van der Waals surface area contributed by atoms with Crippen LogP contribution in [0, 0.1) is 0 Å². The normalized spacial score (nSPS) is 15.8. The Balaban J connectivity index is 1.39. The number of rotatable bonds is 7. The number of thioether (sulfide) groups is 1. The highest BCUT2D eigenvalue weighted by molar-refractivity contribution is 8.00. The van der Waals surface area contributed by atoms with Crippen molar-refractivity contribution in [1.82, 2.24) is 24.1 Å². The van der Waals surface area contributed by atoms with Gasteiger partial charge in [0.25, 0.3) is 0 Å². The first-order valence-electron chi connectivity index (χ1n) is 10.7. The molecule has 0 spiro atoms. The first-order chi connectivity index (χ1) is 15.9. The number of hydrogen-bond acceptors (Lipinski definition) is 7. The molecule has 1 saturated heterocycles. The van der Waals surface area contributed by atoms with Crippen molar-refractivity contribution in [2.45, 2.75) is 41.5 Å². The molecule has 4 rings (SSSR count). The molecular weight excluding hydrogens is 460 g/mol. The monoisotopic (exact) mass is 486 g/mol. The van der Waals surface area contributed by atoms with Crippen LogP contribution in [-0.2, 0) is 21.9 Å². The maximum absolute atomic E-state index is 12.8. The fraction of sp³-hybridized carbons (Fsp3) is 0.364. The molecule has 3 heterocycles. The fourth-order valence-corrected chi connectivity index (χ4v) is 5.92. The summed E-state index contributed by atoms with van der Waals surface area (Å²) in [5.41, 5.74) is 1.43. The van der Waals surface area contributed by atoms with E-state index in [1.165, 1.54) is 16.1 Å². The van der Waals surface area contributed by atoms with E-state index in [9.17, 15) is 13.2 Å². The smallest absolute Gasteiger partial charge is 0.243 e. The Bertz CT molecular complexity index is 1210. The van der Waals surface area contributed by atoms with E-state index in [2.05, 4.69) is 20.5 Å². The Hall–Kier alpha value is -2.76. The van der Waals surface area contributed by atoms with E-state index in [1.54, 1.807) is 43.6 Å². The predicted octanol–water partition coefficient (Wildman–Crippen LogP) is 3.17. The summed E-state index contributed by atoms with van der Waals surface area (Å²) in [6, 6.07) is 10.0. The number of nitrogens with zero attached hydrogens (tertiary/aromatic N) is 5. The van der Waals surface area contributed by atoms with Crippen molar-refractivity contribution in [1.29, 1.82) is 0 Å². The zero-order valence-electron chi connectivity index (χ0n) is 18.5. The molecule has 1 unspecified atom stereocenters. The van der Waals surface area contributed by atoms with Crippen molar-refractivity contribution in [2.75, 3.05) is 18.4 Å². The van der Waals surface area contributed by atoms with Gasteiger partial charge in [-0.3, -0.25) is 9.78 Å². The summed E-state index contributed by atoms with van der Waals surface area (Å²) >= 11 is 1.30. The van der Waals surface area contributed by atoms with Crippen molar-refractivity contribution < 1.29 is 13.2 Å². The van der Waals surface area contributed by atoms with Crippen LogP contribution in [0.1, 0.15) is 26.2 Å². The first-order valence-corrected chi connectivity index (χ1v) is 13.1. The lowest BCUT2D eigenvalue weighted by molar-refractivity contribution is -0.115. The van der Waals surface area contributed by atoms with E-state index < -0.39 is 15.3 Å². The minimum atomic E-state index is -3.50. The van der Waals surface area contributed by atoms with Crippen molar-refractivity contribution >= 4 is 33.4 Å².